The molecular weight excluding hydrogens is 200 g/mol. The van der Waals surface area contributed by atoms with Gasteiger partial charge >= 0.3 is 0 Å². The molecule has 3 nitrogen and oxygen atoms in total. The summed E-state index contributed by atoms with van der Waals surface area (Å²) in [5.74, 6) is 0.733. The predicted molar refractivity (Wildman–Crippen MR) is 66.6 cm³/mol. The number of ether oxygens (including phenoxy) is 1. The molecule has 0 bridgehead atoms. The van der Waals surface area contributed by atoms with Gasteiger partial charge in [0.2, 0.25) is 0 Å². The molecule has 1 saturated heterocycles. The van der Waals surface area contributed by atoms with Crippen molar-refractivity contribution in [1.29, 1.82) is 0 Å². The van der Waals surface area contributed by atoms with E-state index < -0.39 is 0 Å². The Labute approximate surface area is 99.5 Å². The third-order valence-corrected chi connectivity index (χ3v) is 4.22. The van der Waals surface area contributed by atoms with E-state index in [1.807, 2.05) is 7.11 Å². The zero-order valence-corrected chi connectivity index (χ0v) is 10.9. The normalized spacial score (nSPS) is 30.6. The zero-order chi connectivity index (χ0) is 11.5. The highest BCUT2D eigenvalue weighted by molar-refractivity contribution is 4.86. The van der Waals surface area contributed by atoms with Crippen LogP contribution in [0, 0.1) is 5.92 Å². The van der Waals surface area contributed by atoms with Gasteiger partial charge in [-0.3, -0.25) is 4.90 Å². The number of rotatable bonds is 6. The fourth-order valence-electron chi connectivity index (χ4n) is 2.49. The van der Waals surface area contributed by atoms with Crippen molar-refractivity contribution in [2.24, 2.45) is 5.92 Å². The van der Waals surface area contributed by atoms with E-state index in [0.717, 1.165) is 18.5 Å². The molecule has 1 aliphatic carbocycles. The molecule has 0 spiro atoms. The van der Waals surface area contributed by atoms with Gasteiger partial charge in [0, 0.05) is 32.3 Å². The van der Waals surface area contributed by atoms with Crippen LogP contribution < -0.4 is 5.32 Å². The average Bonchev–Trinajstić information content (AvgIpc) is 3.00. The Morgan fingerprint density at radius 2 is 2.06 bits per heavy atom. The van der Waals surface area contributed by atoms with Gasteiger partial charge in [0.05, 0.1) is 6.10 Å². The van der Waals surface area contributed by atoms with E-state index in [1.54, 1.807) is 0 Å². The van der Waals surface area contributed by atoms with Gasteiger partial charge in [-0.2, -0.15) is 0 Å². The van der Waals surface area contributed by atoms with Crippen LogP contribution in [0.2, 0.25) is 0 Å². The number of nitrogens with zero attached hydrogens (tertiary/aromatic N) is 1. The van der Waals surface area contributed by atoms with Crippen molar-refractivity contribution in [2.75, 3.05) is 26.7 Å². The summed E-state index contributed by atoms with van der Waals surface area (Å²) in [4.78, 5) is 2.58. The number of hydrogen-bond donors (Lipinski definition) is 1. The van der Waals surface area contributed by atoms with Crippen LogP contribution in [0.1, 0.15) is 33.1 Å². The second-order valence-corrected chi connectivity index (χ2v) is 5.54. The van der Waals surface area contributed by atoms with E-state index >= 15 is 0 Å². The predicted octanol–water partition coefficient (Wildman–Crippen LogP) is 1.48. The molecule has 3 unspecified atom stereocenters. The Kier molecular flexibility index (Phi) is 4.22. The van der Waals surface area contributed by atoms with Crippen molar-refractivity contribution in [3.05, 3.63) is 0 Å². The molecule has 0 aromatic heterocycles. The molecular formula is C13H26N2O. The fraction of sp³-hybridized carbons (Fsp3) is 1.00. The number of likely N-dealkylation sites (tertiary alicyclic amines) is 1. The maximum Gasteiger partial charge on any atom is 0.0710 e. The monoisotopic (exact) mass is 226 g/mol. The van der Waals surface area contributed by atoms with E-state index in [1.165, 1.54) is 32.4 Å². The van der Waals surface area contributed by atoms with Gasteiger partial charge < -0.3 is 10.1 Å². The van der Waals surface area contributed by atoms with Crippen LogP contribution in [0.4, 0.5) is 0 Å². The third kappa shape index (κ3) is 3.19. The second kappa shape index (κ2) is 5.48. The Morgan fingerprint density at radius 1 is 1.31 bits per heavy atom. The van der Waals surface area contributed by atoms with Gasteiger partial charge in [-0.1, -0.05) is 6.92 Å². The standard InChI is InChI=1S/C13H26N2O/c1-10(8-14-12-4-5-12)11(2)15-7-6-13(9-15)16-3/h10-14H,4-9H2,1-3H3. The van der Waals surface area contributed by atoms with Crippen LogP contribution in [-0.2, 0) is 4.74 Å². The largest absolute Gasteiger partial charge is 0.380 e. The van der Waals surface area contributed by atoms with Crippen molar-refractivity contribution in [3.8, 4) is 0 Å². The molecule has 1 N–H and O–H groups in total. The summed E-state index contributed by atoms with van der Waals surface area (Å²) in [6.45, 7) is 8.20. The lowest BCUT2D eigenvalue weighted by molar-refractivity contribution is 0.0959. The molecule has 16 heavy (non-hydrogen) atoms. The van der Waals surface area contributed by atoms with Crippen LogP contribution in [-0.4, -0.2) is 49.8 Å². The highest BCUT2D eigenvalue weighted by Crippen LogP contribution is 2.22. The summed E-state index contributed by atoms with van der Waals surface area (Å²) in [5.41, 5.74) is 0. The molecule has 0 radical (unpaired) electrons. The molecule has 1 saturated carbocycles. The maximum absolute atomic E-state index is 5.42. The molecule has 3 atom stereocenters. The van der Waals surface area contributed by atoms with Crippen LogP contribution in [0.3, 0.4) is 0 Å². The molecule has 1 heterocycles. The number of hydrogen-bond acceptors (Lipinski definition) is 3. The molecule has 0 amide bonds. The highest BCUT2D eigenvalue weighted by Gasteiger charge is 2.29. The molecule has 2 rings (SSSR count). The maximum atomic E-state index is 5.42. The lowest BCUT2D eigenvalue weighted by Gasteiger charge is -2.29. The molecule has 1 aliphatic heterocycles. The van der Waals surface area contributed by atoms with E-state index in [4.69, 9.17) is 4.74 Å². The minimum Gasteiger partial charge on any atom is -0.380 e. The Bertz CT molecular complexity index is 218. The van der Waals surface area contributed by atoms with Crippen molar-refractivity contribution >= 4 is 0 Å². The molecule has 2 fully saturated rings. The Balaban J connectivity index is 1.70. The summed E-state index contributed by atoms with van der Waals surface area (Å²) < 4.78 is 5.42. The average molecular weight is 226 g/mol. The smallest absolute Gasteiger partial charge is 0.0710 e. The number of nitrogens with one attached hydrogen (secondary N) is 1. The molecule has 0 aromatic carbocycles. The summed E-state index contributed by atoms with van der Waals surface area (Å²) >= 11 is 0. The topological polar surface area (TPSA) is 24.5 Å². The first-order valence-electron chi connectivity index (χ1n) is 6.71. The summed E-state index contributed by atoms with van der Waals surface area (Å²) in [5, 5.41) is 3.63. The van der Waals surface area contributed by atoms with Gasteiger partial charge in [-0.05, 0) is 38.6 Å². The minimum atomic E-state index is 0.464. The SMILES string of the molecule is COC1CCN(C(C)C(C)CNC2CC2)C1. The van der Waals surface area contributed by atoms with Crippen LogP contribution in [0.25, 0.3) is 0 Å². The quantitative estimate of drug-likeness (QED) is 0.742. The van der Waals surface area contributed by atoms with E-state index in [9.17, 15) is 0 Å². The van der Waals surface area contributed by atoms with Gasteiger partial charge in [0.1, 0.15) is 0 Å². The van der Waals surface area contributed by atoms with E-state index in [0.29, 0.717) is 12.1 Å². The van der Waals surface area contributed by atoms with Gasteiger partial charge in [-0.25, -0.2) is 0 Å². The minimum absolute atomic E-state index is 0.464. The van der Waals surface area contributed by atoms with Crippen molar-refractivity contribution in [2.45, 2.75) is 51.3 Å². The van der Waals surface area contributed by atoms with Crippen LogP contribution in [0.15, 0.2) is 0 Å². The molecule has 3 heteroatoms. The Morgan fingerprint density at radius 3 is 2.62 bits per heavy atom. The lowest BCUT2D eigenvalue weighted by Crippen LogP contribution is -2.40. The first-order valence-corrected chi connectivity index (χ1v) is 6.71. The molecule has 2 aliphatic rings. The second-order valence-electron chi connectivity index (χ2n) is 5.54. The molecule has 94 valence electrons. The van der Waals surface area contributed by atoms with Gasteiger partial charge in [0.15, 0.2) is 0 Å². The van der Waals surface area contributed by atoms with Crippen LogP contribution in [0.5, 0.6) is 0 Å². The zero-order valence-electron chi connectivity index (χ0n) is 10.9. The highest BCUT2D eigenvalue weighted by atomic mass is 16.5. The third-order valence-electron chi connectivity index (χ3n) is 4.22. The summed E-state index contributed by atoms with van der Waals surface area (Å²) in [6, 6.07) is 1.51. The number of methoxy groups -OCH3 is 1. The van der Waals surface area contributed by atoms with Gasteiger partial charge in [-0.15, -0.1) is 0 Å². The van der Waals surface area contributed by atoms with Gasteiger partial charge in [0.25, 0.3) is 0 Å². The van der Waals surface area contributed by atoms with Crippen molar-refractivity contribution in [3.63, 3.8) is 0 Å². The first kappa shape index (κ1) is 12.3. The van der Waals surface area contributed by atoms with E-state index in [2.05, 4.69) is 24.1 Å². The van der Waals surface area contributed by atoms with Crippen molar-refractivity contribution < 1.29 is 4.74 Å². The lowest BCUT2D eigenvalue weighted by atomic mass is 10.0. The summed E-state index contributed by atoms with van der Waals surface area (Å²) in [6.07, 6.45) is 4.43. The van der Waals surface area contributed by atoms with Crippen molar-refractivity contribution in [1.82, 2.24) is 10.2 Å². The molecule has 0 aromatic rings. The summed E-state index contributed by atoms with van der Waals surface area (Å²) in [7, 11) is 1.83. The first-order chi connectivity index (χ1) is 7.70. The van der Waals surface area contributed by atoms with E-state index in [-0.39, 0.29) is 0 Å². The Hall–Kier alpha value is -0.120. The van der Waals surface area contributed by atoms with Crippen LogP contribution >= 0.6 is 0 Å². The fourth-order valence-corrected chi connectivity index (χ4v) is 2.49.